The van der Waals surface area contributed by atoms with Crippen molar-refractivity contribution in [3.8, 4) is 0 Å². The lowest BCUT2D eigenvalue weighted by molar-refractivity contribution is 0.682. The SMILES string of the molecule is CCCn1ccc(CNc2ccc(I)cc2)c1. The van der Waals surface area contributed by atoms with Gasteiger partial charge in [-0.05, 0) is 64.9 Å². The van der Waals surface area contributed by atoms with Gasteiger partial charge in [0.05, 0.1) is 0 Å². The van der Waals surface area contributed by atoms with Gasteiger partial charge in [-0.25, -0.2) is 0 Å². The van der Waals surface area contributed by atoms with E-state index in [9.17, 15) is 0 Å². The van der Waals surface area contributed by atoms with Gasteiger partial charge in [0.25, 0.3) is 0 Å². The third-order valence-electron chi connectivity index (χ3n) is 2.63. The van der Waals surface area contributed by atoms with E-state index < -0.39 is 0 Å². The molecule has 2 nitrogen and oxygen atoms in total. The van der Waals surface area contributed by atoms with E-state index in [1.807, 2.05) is 0 Å². The maximum Gasteiger partial charge on any atom is 0.0415 e. The second-order valence-corrected chi connectivity index (χ2v) is 5.36. The Hall–Kier alpha value is -0.970. The molecule has 0 spiro atoms. The number of aryl methyl sites for hydroxylation is 1. The van der Waals surface area contributed by atoms with Crippen LogP contribution in [0, 0.1) is 3.57 Å². The zero-order valence-corrected chi connectivity index (χ0v) is 12.1. The van der Waals surface area contributed by atoms with Gasteiger partial charge in [0.2, 0.25) is 0 Å². The Balaban J connectivity index is 1.90. The third kappa shape index (κ3) is 3.77. The fourth-order valence-electron chi connectivity index (χ4n) is 1.76. The summed E-state index contributed by atoms with van der Waals surface area (Å²) in [6.45, 7) is 4.18. The van der Waals surface area contributed by atoms with Crippen LogP contribution in [-0.4, -0.2) is 4.57 Å². The Bertz CT molecular complexity index is 459. The van der Waals surface area contributed by atoms with Crippen molar-refractivity contribution >= 4 is 28.3 Å². The molecule has 0 unspecified atom stereocenters. The molecule has 1 N–H and O–H groups in total. The standard InChI is InChI=1S/C14H17IN2/c1-2-8-17-9-7-12(11-17)10-16-14-5-3-13(15)4-6-14/h3-7,9,11,16H,2,8,10H2,1H3. The van der Waals surface area contributed by atoms with Crippen molar-refractivity contribution in [3.05, 3.63) is 51.9 Å². The minimum Gasteiger partial charge on any atom is -0.381 e. The number of hydrogen-bond acceptors (Lipinski definition) is 1. The van der Waals surface area contributed by atoms with Crippen LogP contribution in [0.5, 0.6) is 0 Å². The molecule has 1 aromatic heterocycles. The van der Waals surface area contributed by atoms with Gasteiger partial charge in [-0.3, -0.25) is 0 Å². The topological polar surface area (TPSA) is 17.0 Å². The number of benzene rings is 1. The molecule has 1 heterocycles. The van der Waals surface area contributed by atoms with Crippen molar-refractivity contribution in [2.45, 2.75) is 26.4 Å². The lowest BCUT2D eigenvalue weighted by Gasteiger charge is -2.05. The van der Waals surface area contributed by atoms with Gasteiger partial charge < -0.3 is 9.88 Å². The van der Waals surface area contributed by atoms with Crippen LogP contribution in [0.2, 0.25) is 0 Å². The molecule has 17 heavy (non-hydrogen) atoms. The van der Waals surface area contributed by atoms with E-state index in [4.69, 9.17) is 0 Å². The number of halogens is 1. The smallest absolute Gasteiger partial charge is 0.0415 e. The molecule has 0 aliphatic rings. The molecular weight excluding hydrogens is 323 g/mol. The second kappa shape index (κ2) is 6.10. The Morgan fingerprint density at radius 1 is 1.18 bits per heavy atom. The van der Waals surface area contributed by atoms with Crippen LogP contribution in [0.4, 0.5) is 5.69 Å². The van der Waals surface area contributed by atoms with Crippen LogP contribution in [0.25, 0.3) is 0 Å². The molecule has 0 saturated carbocycles. The van der Waals surface area contributed by atoms with Crippen molar-refractivity contribution in [2.24, 2.45) is 0 Å². The monoisotopic (exact) mass is 340 g/mol. The molecule has 0 saturated heterocycles. The van der Waals surface area contributed by atoms with Gasteiger partial charge in [0.1, 0.15) is 0 Å². The molecule has 0 aliphatic heterocycles. The van der Waals surface area contributed by atoms with Crippen LogP contribution in [-0.2, 0) is 13.1 Å². The number of aromatic nitrogens is 1. The predicted molar refractivity (Wildman–Crippen MR) is 81.2 cm³/mol. The van der Waals surface area contributed by atoms with Crippen molar-refractivity contribution in [1.29, 1.82) is 0 Å². The van der Waals surface area contributed by atoms with Gasteiger partial charge in [0.15, 0.2) is 0 Å². The van der Waals surface area contributed by atoms with E-state index in [-0.39, 0.29) is 0 Å². The first-order valence-corrected chi connectivity index (χ1v) is 7.00. The van der Waals surface area contributed by atoms with Gasteiger partial charge in [-0.1, -0.05) is 6.92 Å². The van der Waals surface area contributed by atoms with Gasteiger partial charge in [0, 0.05) is 34.7 Å². The van der Waals surface area contributed by atoms with Crippen LogP contribution in [0.3, 0.4) is 0 Å². The summed E-state index contributed by atoms with van der Waals surface area (Å²) < 4.78 is 3.51. The van der Waals surface area contributed by atoms with Crippen molar-refractivity contribution in [3.63, 3.8) is 0 Å². The molecule has 0 aliphatic carbocycles. The van der Waals surface area contributed by atoms with Crippen molar-refractivity contribution in [1.82, 2.24) is 4.57 Å². The maximum absolute atomic E-state index is 3.43. The van der Waals surface area contributed by atoms with E-state index in [1.165, 1.54) is 21.2 Å². The van der Waals surface area contributed by atoms with Gasteiger partial charge in [-0.15, -0.1) is 0 Å². The van der Waals surface area contributed by atoms with Gasteiger partial charge >= 0.3 is 0 Å². The van der Waals surface area contributed by atoms with E-state index in [2.05, 4.69) is 82.1 Å². The number of anilines is 1. The molecular formula is C14H17IN2. The molecule has 2 aromatic rings. The highest BCUT2D eigenvalue weighted by atomic mass is 127. The van der Waals surface area contributed by atoms with Crippen molar-refractivity contribution < 1.29 is 0 Å². The number of nitrogens with zero attached hydrogens (tertiary/aromatic N) is 1. The molecule has 0 bridgehead atoms. The molecule has 3 heteroatoms. The van der Waals surface area contributed by atoms with Crippen LogP contribution in [0.1, 0.15) is 18.9 Å². The maximum atomic E-state index is 3.43. The first-order chi connectivity index (χ1) is 8.28. The molecule has 1 aromatic carbocycles. The molecule has 90 valence electrons. The molecule has 0 amide bonds. The quantitative estimate of drug-likeness (QED) is 0.811. The first kappa shape index (κ1) is 12.5. The number of nitrogens with one attached hydrogen (secondary N) is 1. The average Bonchev–Trinajstić information content (AvgIpc) is 2.77. The Morgan fingerprint density at radius 2 is 1.94 bits per heavy atom. The summed E-state index contributed by atoms with van der Waals surface area (Å²) in [7, 11) is 0. The Labute approximate surface area is 116 Å². The zero-order valence-electron chi connectivity index (χ0n) is 9.99. The van der Waals surface area contributed by atoms with Crippen LogP contribution in [0.15, 0.2) is 42.7 Å². The highest BCUT2D eigenvalue weighted by molar-refractivity contribution is 14.1. The first-order valence-electron chi connectivity index (χ1n) is 5.92. The van der Waals surface area contributed by atoms with E-state index in [0.29, 0.717) is 0 Å². The average molecular weight is 340 g/mol. The van der Waals surface area contributed by atoms with Crippen molar-refractivity contribution in [2.75, 3.05) is 5.32 Å². The third-order valence-corrected chi connectivity index (χ3v) is 3.35. The number of rotatable bonds is 5. The summed E-state index contributed by atoms with van der Waals surface area (Å²) in [4.78, 5) is 0. The fourth-order valence-corrected chi connectivity index (χ4v) is 2.12. The highest BCUT2D eigenvalue weighted by Gasteiger charge is 1.97. The summed E-state index contributed by atoms with van der Waals surface area (Å²) in [6.07, 6.45) is 5.54. The molecule has 2 rings (SSSR count). The van der Waals surface area contributed by atoms with Gasteiger partial charge in [-0.2, -0.15) is 0 Å². The summed E-state index contributed by atoms with van der Waals surface area (Å²) in [6, 6.07) is 10.6. The molecule has 0 atom stereocenters. The predicted octanol–water partition coefficient (Wildman–Crippen LogP) is 4.11. The summed E-state index contributed by atoms with van der Waals surface area (Å²) in [5, 5.41) is 3.43. The van der Waals surface area contributed by atoms with E-state index in [1.54, 1.807) is 0 Å². The molecule has 0 fully saturated rings. The van der Waals surface area contributed by atoms with Crippen LogP contribution >= 0.6 is 22.6 Å². The highest BCUT2D eigenvalue weighted by Crippen LogP contribution is 2.12. The Kier molecular flexibility index (Phi) is 4.48. The summed E-state index contributed by atoms with van der Waals surface area (Å²) in [5.74, 6) is 0. The normalized spacial score (nSPS) is 10.5. The minimum atomic E-state index is 0.886. The Morgan fingerprint density at radius 3 is 2.65 bits per heavy atom. The fraction of sp³-hybridized carbons (Fsp3) is 0.286. The van der Waals surface area contributed by atoms with Crippen LogP contribution < -0.4 is 5.32 Å². The van der Waals surface area contributed by atoms with E-state index in [0.717, 1.165) is 13.1 Å². The molecule has 0 radical (unpaired) electrons. The van der Waals surface area contributed by atoms with E-state index >= 15 is 0 Å². The second-order valence-electron chi connectivity index (χ2n) is 4.12. The lowest BCUT2D eigenvalue weighted by atomic mass is 10.3. The number of hydrogen-bond donors (Lipinski definition) is 1. The minimum absolute atomic E-state index is 0.886. The lowest BCUT2D eigenvalue weighted by Crippen LogP contribution is -1.98. The summed E-state index contributed by atoms with van der Waals surface area (Å²) >= 11 is 2.32. The summed E-state index contributed by atoms with van der Waals surface area (Å²) in [5.41, 5.74) is 2.51. The zero-order chi connectivity index (χ0) is 12.1. The largest absolute Gasteiger partial charge is 0.381 e.